The molecule has 0 unspecified atom stereocenters. The Morgan fingerprint density at radius 1 is 1.19 bits per heavy atom. The van der Waals surface area contributed by atoms with Gasteiger partial charge in [-0.2, -0.15) is 0 Å². The van der Waals surface area contributed by atoms with E-state index in [9.17, 15) is 0 Å². The number of aliphatic hydroxyl groups excluding tert-OH is 1. The molecular weight excluding hydrogens is 453 g/mol. The maximum absolute atomic E-state index is 8.88. The highest BCUT2D eigenvalue weighted by Crippen LogP contribution is 2.36. The van der Waals surface area contributed by atoms with Crippen molar-refractivity contribution in [3.63, 3.8) is 0 Å². The fourth-order valence-corrected chi connectivity index (χ4v) is 5.22. The Morgan fingerprint density at radius 2 is 2.03 bits per heavy atom. The van der Waals surface area contributed by atoms with Crippen LogP contribution in [0.4, 0.5) is 0 Å². The number of hydrogen-bond acceptors (Lipinski definition) is 5. The van der Waals surface area contributed by atoms with Gasteiger partial charge in [0.2, 0.25) is 0 Å². The number of imidazole rings is 1. The average Bonchev–Trinajstić information content (AvgIpc) is 3.44. The number of aromatic nitrogens is 3. The molecule has 0 amide bonds. The molecule has 0 aliphatic heterocycles. The third-order valence-electron chi connectivity index (χ3n) is 4.98. The largest absolute Gasteiger partial charge is 0.486 e. The Bertz CT molecular complexity index is 1100. The predicted molar refractivity (Wildman–Crippen MR) is 124 cm³/mol. The summed E-state index contributed by atoms with van der Waals surface area (Å²) in [6.45, 7) is 0.0244. The Hall–Kier alpha value is -2.17. The first-order valence-electron chi connectivity index (χ1n) is 10.0. The van der Waals surface area contributed by atoms with Gasteiger partial charge in [-0.25, -0.2) is 4.98 Å². The van der Waals surface area contributed by atoms with Crippen LogP contribution in [0.3, 0.4) is 0 Å². The van der Waals surface area contributed by atoms with E-state index in [1.165, 1.54) is 25.7 Å². The molecule has 1 aromatic carbocycles. The van der Waals surface area contributed by atoms with Gasteiger partial charge >= 0.3 is 0 Å². The number of thioether (sulfide) groups is 1. The minimum atomic E-state index is -0.244. The van der Waals surface area contributed by atoms with Gasteiger partial charge in [0.25, 0.3) is 0 Å². The van der Waals surface area contributed by atoms with E-state index < -0.39 is 0 Å². The number of pyridine rings is 1. The predicted octanol–water partition coefficient (Wildman–Crippen LogP) is 5.53. The molecule has 0 atom stereocenters. The zero-order chi connectivity index (χ0) is 21.6. The highest BCUT2D eigenvalue weighted by atomic mass is 35.5. The molecule has 1 aliphatic rings. The first kappa shape index (κ1) is 22.0. The van der Waals surface area contributed by atoms with Gasteiger partial charge in [0.1, 0.15) is 19.0 Å². The summed E-state index contributed by atoms with van der Waals surface area (Å²) < 4.78 is 8.09. The van der Waals surface area contributed by atoms with Crippen molar-refractivity contribution in [1.29, 1.82) is 0 Å². The van der Waals surface area contributed by atoms with Gasteiger partial charge in [0, 0.05) is 23.1 Å². The van der Waals surface area contributed by atoms with Gasteiger partial charge in [-0.15, -0.1) is 0 Å². The van der Waals surface area contributed by atoms with Crippen molar-refractivity contribution in [3.05, 3.63) is 64.2 Å². The third-order valence-corrected chi connectivity index (χ3v) is 6.89. The second kappa shape index (κ2) is 10.4. The number of hydrogen-bond donors (Lipinski definition) is 1. The van der Waals surface area contributed by atoms with Crippen molar-refractivity contribution < 1.29 is 9.84 Å². The van der Waals surface area contributed by atoms with Crippen LogP contribution in [0.1, 0.15) is 36.9 Å². The van der Waals surface area contributed by atoms with Crippen LogP contribution in [0.5, 0.6) is 5.75 Å². The van der Waals surface area contributed by atoms with Crippen LogP contribution < -0.4 is 4.74 Å². The lowest BCUT2D eigenvalue weighted by molar-refractivity contribution is 0.298. The van der Waals surface area contributed by atoms with Gasteiger partial charge in [-0.05, 0) is 31.0 Å². The van der Waals surface area contributed by atoms with Crippen molar-refractivity contribution in [2.75, 3.05) is 6.61 Å². The van der Waals surface area contributed by atoms with Gasteiger partial charge in [-0.1, -0.05) is 59.6 Å². The van der Waals surface area contributed by atoms with E-state index in [1.807, 2.05) is 36.3 Å². The second-order valence-electron chi connectivity index (χ2n) is 7.11. The summed E-state index contributed by atoms with van der Waals surface area (Å²) in [5.41, 5.74) is 2.38. The zero-order valence-corrected chi connectivity index (χ0v) is 19.1. The van der Waals surface area contributed by atoms with Crippen LogP contribution in [-0.2, 0) is 6.61 Å². The first-order chi connectivity index (χ1) is 15.2. The van der Waals surface area contributed by atoms with Gasteiger partial charge in [0.15, 0.2) is 5.16 Å². The summed E-state index contributed by atoms with van der Waals surface area (Å²) in [4.78, 5) is 8.94. The zero-order valence-electron chi connectivity index (χ0n) is 16.7. The van der Waals surface area contributed by atoms with Crippen LogP contribution in [0.2, 0.25) is 10.0 Å². The summed E-state index contributed by atoms with van der Waals surface area (Å²) >= 11 is 14.5. The molecule has 1 fully saturated rings. The fraction of sp³-hybridized carbons (Fsp3) is 0.304. The highest BCUT2D eigenvalue weighted by Gasteiger charge is 2.21. The number of ether oxygens (including phenoxy) is 1. The van der Waals surface area contributed by atoms with E-state index >= 15 is 0 Å². The average molecular weight is 474 g/mol. The van der Waals surface area contributed by atoms with Crippen LogP contribution in [0.25, 0.3) is 5.69 Å². The molecule has 1 aliphatic carbocycles. The Kier molecular flexibility index (Phi) is 7.41. The molecular formula is C23H21Cl2N3O2S. The fourth-order valence-electron chi connectivity index (χ4n) is 3.49. The quantitative estimate of drug-likeness (QED) is 0.476. The van der Waals surface area contributed by atoms with E-state index in [4.69, 9.17) is 33.0 Å². The van der Waals surface area contributed by atoms with Crippen LogP contribution in [0, 0.1) is 11.8 Å². The molecule has 5 nitrogen and oxygen atoms in total. The number of aliphatic hydroxyl groups is 1. The molecule has 1 N–H and O–H groups in total. The van der Waals surface area contributed by atoms with E-state index in [2.05, 4.69) is 26.4 Å². The van der Waals surface area contributed by atoms with Crippen molar-refractivity contribution in [2.24, 2.45) is 0 Å². The van der Waals surface area contributed by atoms with Gasteiger partial charge in [-0.3, -0.25) is 9.55 Å². The highest BCUT2D eigenvalue weighted by molar-refractivity contribution is 7.99. The van der Waals surface area contributed by atoms with Crippen molar-refractivity contribution in [2.45, 2.75) is 42.7 Å². The molecule has 0 spiro atoms. The minimum Gasteiger partial charge on any atom is -0.486 e. The number of rotatable bonds is 6. The molecule has 160 valence electrons. The minimum absolute atomic E-state index is 0.244. The Labute approximate surface area is 195 Å². The lowest BCUT2D eigenvalue weighted by Gasteiger charge is -2.15. The van der Waals surface area contributed by atoms with Crippen molar-refractivity contribution in [1.82, 2.24) is 14.5 Å². The topological polar surface area (TPSA) is 60.2 Å². The molecule has 2 heterocycles. The molecule has 1 saturated carbocycles. The maximum Gasteiger partial charge on any atom is 0.173 e. The summed E-state index contributed by atoms with van der Waals surface area (Å²) in [7, 11) is 0. The van der Waals surface area contributed by atoms with Crippen LogP contribution in [0.15, 0.2) is 48.0 Å². The van der Waals surface area contributed by atoms with E-state index in [0.29, 0.717) is 26.6 Å². The number of benzene rings is 1. The smallest absolute Gasteiger partial charge is 0.173 e. The molecule has 8 heteroatoms. The van der Waals surface area contributed by atoms with Crippen LogP contribution in [-0.4, -0.2) is 31.5 Å². The lowest BCUT2D eigenvalue weighted by Crippen LogP contribution is -2.07. The molecule has 0 bridgehead atoms. The molecule has 0 saturated heterocycles. The van der Waals surface area contributed by atoms with Gasteiger partial charge in [0.05, 0.1) is 33.8 Å². The number of nitrogens with zero attached hydrogens (tertiary/aromatic N) is 3. The molecule has 3 aromatic rings. The summed E-state index contributed by atoms with van der Waals surface area (Å²) in [5, 5.41) is 11.2. The molecule has 4 rings (SSSR count). The molecule has 31 heavy (non-hydrogen) atoms. The summed E-state index contributed by atoms with van der Waals surface area (Å²) in [6.07, 6.45) is 10.4. The SMILES string of the molecule is OCC#Cc1cc(Cl)c(OCc2cnc(SC3CCCC3)n2-c2cccnc2)cc1Cl. The lowest BCUT2D eigenvalue weighted by atomic mass is 10.2. The van der Waals surface area contributed by atoms with E-state index in [0.717, 1.165) is 16.5 Å². The van der Waals surface area contributed by atoms with Crippen molar-refractivity contribution in [3.8, 4) is 23.3 Å². The van der Waals surface area contributed by atoms with Crippen molar-refractivity contribution >= 4 is 35.0 Å². The Balaban J connectivity index is 1.58. The van der Waals surface area contributed by atoms with Crippen LogP contribution >= 0.6 is 35.0 Å². The standard InChI is InChI=1S/C23H21Cl2N3O2S/c24-20-12-22(21(25)11-16(20)5-4-10-29)30-15-18-14-27-23(31-19-7-1-2-8-19)28(18)17-6-3-9-26-13-17/h3,6,9,11-14,19,29H,1-2,7-8,10,15H2. The number of halogens is 2. The van der Waals surface area contributed by atoms with E-state index in [-0.39, 0.29) is 13.2 Å². The molecule has 2 aromatic heterocycles. The van der Waals surface area contributed by atoms with Gasteiger partial charge < -0.3 is 9.84 Å². The normalized spacial score (nSPS) is 13.8. The first-order valence-corrected chi connectivity index (χ1v) is 11.6. The maximum atomic E-state index is 8.88. The third kappa shape index (κ3) is 5.36. The Morgan fingerprint density at radius 3 is 2.77 bits per heavy atom. The summed E-state index contributed by atoms with van der Waals surface area (Å²) in [6, 6.07) is 7.20. The molecule has 0 radical (unpaired) electrons. The second-order valence-corrected chi connectivity index (χ2v) is 9.20. The summed E-state index contributed by atoms with van der Waals surface area (Å²) in [5.74, 6) is 5.81. The van der Waals surface area contributed by atoms with E-state index in [1.54, 1.807) is 18.3 Å². The monoisotopic (exact) mass is 473 g/mol.